The number of benzene rings is 1. The van der Waals surface area contributed by atoms with E-state index in [1.165, 1.54) is 12.8 Å². The van der Waals surface area contributed by atoms with Crippen LogP contribution in [0.25, 0.3) is 0 Å². The first-order valence-electron chi connectivity index (χ1n) is 6.91. The van der Waals surface area contributed by atoms with Gasteiger partial charge in [0.05, 0.1) is 19.9 Å². The average Bonchev–Trinajstić information content (AvgIpc) is 2.46. The first-order chi connectivity index (χ1) is 9.24. The summed E-state index contributed by atoms with van der Waals surface area (Å²) in [5.41, 5.74) is 2.11. The molecule has 0 aromatic heterocycles. The second-order valence-electron chi connectivity index (χ2n) is 5.10. The molecule has 0 bridgehead atoms. The van der Waals surface area contributed by atoms with Gasteiger partial charge in [-0.15, -0.1) is 0 Å². The maximum absolute atomic E-state index is 5.44. The van der Waals surface area contributed by atoms with E-state index in [0.29, 0.717) is 0 Å². The summed E-state index contributed by atoms with van der Waals surface area (Å²) in [6, 6.07) is 4.04. The number of piperidine rings is 1. The predicted octanol–water partition coefficient (Wildman–Crippen LogP) is 2.42. The Morgan fingerprint density at radius 1 is 1.16 bits per heavy atom. The summed E-state index contributed by atoms with van der Waals surface area (Å²) in [4.78, 5) is 0. The molecule has 2 N–H and O–H groups in total. The first kappa shape index (κ1) is 14.0. The molecule has 0 saturated carbocycles. The van der Waals surface area contributed by atoms with Crippen LogP contribution in [-0.4, -0.2) is 33.9 Å². The van der Waals surface area contributed by atoms with Crippen LogP contribution in [0.3, 0.4) is 0 Å². The smallest absolute Gasteiger partial charge is 0.142 e. The average molecular weight is 264 g/mol. The van der Waals surface area contributed by atoms with Gasteiger partial charge in [0.1, 0.15) is 11.5 Å². The Balaban J connectivity index is 2.05. The molecule has 0 atom stereocenters. The fraction of sp³-hybridized carbons (Fsp3) is 0.600. The number of hydrogen-bond acceptors (Lipinski definition) is 4. The summed E-state index contributed by atoms with van der Waals surface area (Å²) in [6.07, 6.45) is 2.47. The third-order valence-corrected chi connectivity index (χ3v) is 3.76. The standard InChI is InChI=1S/C15H24N2O2/c1-11-8-15(19-3)13(9-14(11)18-2)17-10-12-4-6-16-7-5-12/h8-9,12,16-17H,4-7,10H2,1-3H3. The fourth-order valence-corrected chi connectivity index (χ4v) is 2.53. The van der Waals surface area contributed by atoms with Crippen molar-refractivity contribution < 1.29 is 9.47 Å². The Morgan fingerprint density at radius 2 is 1.84 bits per heavy atom. The minimum Gasteiger partial charge on any atom is -0.496 e. The SMILES string of the molecule is COc1cc(NCC2CCNCC2)c(OC)cc1C. The van der Waals surface area contributed by atoms with E-state index in [0.717, 1.165) is 48.3 Å². The van der Waals surface area contributed by atoms with Crippen molar-refractivity contribution in [2.75, 3.05) is 39.2 Å². The van der Waals surface area contributed by atoms with Crippen LogP contribution in [0.2, 0.25) is 0 Å². The highest BCUT2D eigenvalue weighted by Gasteiger charge is 2.14. The van der Waals surface area contributed by atoms with Crippen molar-refractivity contribution in [3.8, 4) is 11.5 Å². The largest absolute Gasteiger partial charge is 0.496 e. The van der Waals surface area contributed by atoms with Crippen LogP contribution >= 0.6 is 0 Å². The van der Waals surface area contributed by atoms with Crippen LogP contribution in [0.5, 0.6) is 11.5 Å². The molecule has 106 valence electrons. The maximum atomic E-state index is 5.44. The highest BCUT2D eigenvalue weighted by atomic mass is 16.5. The minimum absolute atomic E-state index is 0.734. The molecule has 1 fully saturated rings. The lowest BCUT2D eigenvalue weighted by Crippen LogP contribution is -2.31. The summed E-state index contributed by atoms with van der Waals surface area (Å²) in [5, 5.41) is 6.89. The maximum Gasteiger partial charge on any atom is 0.142 e. The van der Waals surface area contributed by atoms with Crippen molar-refractivity contribution >= 4 is 5.69 Å². The summed E-state index contributed by atoms with van der Waals surface area (Å²) in [6.45, 7) is 5.27. The van der Waals surface area contributed by atoms with Crippen molar-refractivity contribution in [1.82, 2.24) is 5.32 Å². The van der Waals surface area contributed by atoms with Crippen LogP contribution in [0, 0.1) is 12.8 Å². The van der Waals surface area contributed by atoms with Gasteiger partial charge >= 0.3 is 0 Å². The topological polar surface area (TPSA) is 42.5 Å². The molecule has 0 amide bonds. The number of aryl methyl sites for hydroxylation is 1. The number of hydrogen-bond donors (Lipinski definition) is 2. The lowest BCUT2D eigenvalue weighted by Gasteiger charge is -2.24. The van der Waals surface area contributed by atoms with Gasteiger partial charge in [0.2, 0.25) is 0 Å². The van der Waals surface area contributed by atoms with E-state index >= 15 is 0 Å². The van der Waals surface area contributed by atoms with E-state index in [-0.39, 0.29) is 0 Å². The number of rotatable bonds is 5. The summed E-state index contributed by atoms with van der Waals surface area (Å²) < 4.78 is 10.8. The number of ether oxygens (including phenoxy) is 2. The molecule has 0 radical (unpaired) electrons. The van der Waals surface area contributed by atoms with E-state index in [2.05, 4.69) is 10.6 Å². The van der Waals surface area contributed by atoms with Crippen LogP contribution in [0.15, 0.2) is 12.1 Å². The molecule has 4 nitrogen and oxygen atoms in total. The van der Waals surface area contributed by atoms with Crippen molar-refractivity contribution in [1.29, 1.82) is 0 Å². The zero-order valence-corrected chi connectivity index (χ0v) is 12.1. The second-order valence-corrected chi connectivity index (χ2v) is 5.10. The van der Waals surface area contributed by atoms with E-state index < -0.39 is 0 Å². The molecule has 19 heavy (non-hydrogen) atoms. The first-order valence-corrected chi connectivity index (χ1v) is 6.91. The lowest BCUT2D eigenvalue weighted by atomic mass is 9.98. The van der Waals surface area contributed by atoms with Crippen LogP contribution in [-0.2, 0) is 0 Å². The van der Waals surface area contributed by atoms with E-state index in [4.69, 9.17) is 9.47 Å². The Morgan fingerprint density at radius 3 is 2.47 bits per heavy atom. The van der Waals surface area contributed by atoms with Crippen molar-refractivity contribution in [3.63, 3.8) is 0 Å². The van der Waals surface area contributed by atoms with Crippen LogP contribution in [0.4, 0.5) is 5.69 Å². The highest BCUT2D eigenvalue weighted by Crippen LogP contribution is 2.32. The zero-order valence-electron chi connectivity index (χ0n) is 12.1. The van der Waals surface area contributed by atoms with Gasteiger partial charge in [-0.3, -0.25) is 0 Å². The molecule has 1 aromatic carbocycles. The van der Waals surface area contributed by atoms with Gasteiger partial charge < -0.3 is 20.1 Å². The van der Waals surface area contributed by atoms with Crippen LogP contribution < -0.4 is 20.1 Å². The highest BCUT2D eigenvalue weighted by molar-refractivity contribution is 5.62. The molecule has 1 aromatic rings. The molecule has 1 aliphatic heterocycles. The summed E-state index contributed by atoms with van der Waals surface area (Å²) in [5.74, 6) is 2.51. The van der Waals surface area contributed by atoms with Gasteiger partial charge in [-0.25, -0.2) is 0 Å². The Labute approximate surface area is 115 Å². The molecule has 0 spiro atoms. The predicted molar refractivity (Wildman–Crippen MR) is 78.4 cm³/mol. The van der Waals surface area contributed by atoms with Crippen LogP contribution in [0.1, 0.15) is 18.4 Å². The molecular formula is C15H24N2O2. The normalized spacial score (nSPS) is 16.2. The van der Waals surface area contributed by atoms with Gasteiger partial charge in [0.15, 0.2) is 0 Å². The van der Waals surface area contributed by atoms with Gasteiger partial charge in [0.25, 0.3) is 0 Å². The number of anilines is 1. The minimum atomic E-state index is 0.734. The lowest BCUT2D eigenvalue weighted by molar-refractivity contribution is 0.386. The quantitative estimate of drug-likeness (QED) is 0.857. The summed E-state index contributed by atoms with van der Waals surface area (Å²) >= 11 is 0. The van der Waals surface area contributed by atoms with E-state index in [9.17, 15) is 0 Å². The number of methoxy groups -OCH3 is 2. The molecular weight excluding hydrogens is 240 g/mol. The molecule has 1 saturated heterocycles. The van der Waals surface area contributed by atoms with Crippen molar-refractivity contribution in [2.24, 2.45) is 5.92 Å². The Bertz CT molecular complexity index is 415. The molecule has 4 heteroatoms. The van der Waals surface area contributed by atoms with E-state index in [1.54, 1.807) is 14.2 Å². The van der Waals surface area contributed by atoms with Crippen molar-refractivity contribution in [3.05, 3.63) is 17.7 Å². The third-order valence-electron chi connectivity index (χ3n) is 3.76. The van der Waals surface area contributed by atoms with Gasteiger partial charge in [-0.2, -0.15) is 0 Å². The summed E-state index contributed by atoms with van der Waals surface area (Å²) in [7, 11) is 3.41. The van der Waals surface area contributed by atoms with Crippen molar-refractivity contribution in [2.45, 2.75) is 19.8 Å². The van der Waals surface area contributed by atoms with Gasteiger partial charge in [-0.1, -0.05) is 0 Å². The molecule has 1 heterocycles. The van der Waals surface area contributed by atoms with E-state index in [1.807, 2.05) is 19.1 Å². The fourth-order valence-electron chi connectivity index (χ4n) is 2.53. The van der Waals surface area contributed by atoms with Gasteiger partial charge in [-0.05, 0) is 50.4 Å². The molecule has 0 unspecified atom stereocenters. The zero-order chi connectivity index (χ0) is 13.7. The Kier molecular flexibility index (Phi) is 4.91. The molecule has 2 rings (SSSR count). The Hall–Kier alpha value is -1.42. The molecule has 1 aliphatic rings. The third kappa shape index (κ3) is 3.53. The second kappa shape index (κ2) is 6.66. The monoisotopic (exact) mass is 264 g/mol. The number of nitrogens with one attached hydrogen (secondary N) is 2. The molecule has 0 aliphatic carbocycles. The van der Waals surface area contributed by atoms with Gasteiger partial charge in [0, 0.05) is 12.6 Å².